The van der Waals surface area contributed by atoms with E-state index in [2.05, 4.69) is 20.5 Å². The highest BCUT2D eigenvalue weighted by Crippen LogP contribution is 2.38. The molecular weight excluding hydrogens is 409 g/mol. The van der Waals surface area contributed by atoms with Gasteiger partial charge in [-0.3, -0.25) is 9.89 Å². The van der Waals surface area contributed by atoms with Gasteiger partial charge in [-0.15, -0.1) is 0 Å². The van der Waals surface area contributed by atoms with Gasteiger partial charge in [0.2, 0.25) is 0 Å². The largest absolute Gasteiger partial charge is 0.378 e. The summed E-state index contributed by atoms with van der Waals surface area (Å²) >= 11 is 6.27. The van der Waals surface area contributed by atoms with Crippen molar-refractivity contribution in [1.29, 1.82) is 0 Å². The molecule has 9 heteroatoms. The molecule has 1 saturated heterocycles. The number of hydrogen-bond acceptors (Lipinski definition) is 5. The standard InChI is InChI=1S/C21H17ClFN5O2/c22-14-2-1-3-15(23)18(14)20-25-16-10-12(21(29)28-6-8-30-9-7-28)4-5-13(16)19-17(26-20)11-24-27-19/h1-5,10-11H,6-9H2,(H,24,27)(H,25,26). The van der Waals surface area contributed by atoms with Crippen LogP contribution in [-0.2, 0) is 4.74 Å². The average Bonchev–Trinajstić information content (AvgIpc) is 3.15. The number of nitrogens with one attached hydrogen (secondary N) is 2. The first-order chi connectivity index (χ1) is 14.6. The molecule has 3 heterocycles. The van der Waals surface area contributed by atoms with Crippen LogP contribution >= 0.6 is 11.6 Å². The summed E-state index contributed by atoms with van der Waals surface area (Å²) in [6.45, 7) is 2.13. The summed E-state index contributed by atoms with van der Waals surface area (Å²) in [7, 11) is 0. The van der Waals surface area contributed by atoms with Crippen LogP contribution in [0.1, 0.15) is 15.9 Å². The lowest BCUT2D eigenvalue weighted by molar-refractivity contribution is 0.0303. The Bertz CT molecular complexity index is 1150. The minimum absolute atomic E-state index is 0.0937. The molecule has 1 aromatic heterocycles. The Kier molecular flexibility index (Phi) is 4.72. The van der Waals surface area contributed by atoms with Crippen LogP contribution in [-0.4, -0.2) is 53.1 Å². The number of benzene rings is 2. The predicted octanol–water partition coefficient (Wildman–Crippen LogP) is 3.85. The summed E-state index contributed by atoms with van der Waals surface area (Å²) < 4.78 is 19.9. The zero-order valence-electron chi connectivity index (χ0n) is 15.8. The first kappa shape index (κ1) is 18.8. The van der Waals surface area contributed by atoms with Crippen molar-refractivity contribution < 1.29 is 13.9 Å². The van der Waals surface area contributed by atoms with Crippen LogP contribution in [0.25, 0.3) is 11.3 Å². The average molecular weight is 426 g/mol. The number of nitrogens with zero attached hydrogens (tertiary/aromatic N) is 3. The van der Waals surface area contributed by atoms with Crippen LogP contribution in [0.4, 0.5) is 15.8 Å². The highest BCUT2D eigenvalue weighted by molar-refractivity contribution is 6.35. The molecule has 0 atom stereocenters. The molecule has 152 valence electrons. The molecule has 5 rings (SSSR count). The van der Waals surface area contributed by atoms with Crippen molar-refractivity contribution in [3.63, 3.8) is 0 Å². The number of H-pyrrole nitrogens is 1. The Labute approximate surface area is 176 Å². The number of carbonyl (C=O) groups excluding carboxylic acids is 1. The van der Waals surface area contributed by atoms with Gasteiger partial charge in [0.1, 0.15) is 11.7 Å². The second-order valence-corrected chi connectivity index (χ2v) is 7.38. The molecule has 1 amide bonds. The fraction of sp³-hybridized carbons (Fsp3) is 0.190. The fourth-order valence-electron chi connectivity index (χ4n) is 3.62. The Morgan fingerprint density at radius 2 is 2.03 bits per heavy atom. The van der Waals surface area contributed by atoms with Gasteiger partial charge >= 0.3 is 0 Å². The van der Waals surface area contributed by atoms with Crippen molar-refractivity contribution in [3.8, 4) is 11.3 Å². The van der Waals surface area contributed by atoms with E-state index in [0.29, 0.717) is 48.9 Å². The molecule has 2 aliphatic rings. The number of ether oxygens (including phenoxy) is 1. The number of aromatic nitrogens is 2. The summed E-state index contributed by atoms with van der Waals surface area (Å²) in [6.07, 6.45) is 1.60. The third-order valence-electron chi connectivity index (χ3n) is 5.14. The summed E-state index contributed by atoms with van der Waals surface area (Å²) in [6, 6.07) is 9.75. The van der Waals surface area contributed by atoms with E-state index in [4.69, 9.17) is 16.3 Å². The lowest BCUT2D eigenvalue weighted by Gasteiger charge is -2.27. The number of aromatic amines is 1. The first-order valence-corrected chi connectivity index (χ1v) is 9.84. The maximum absolute atomic E-state index is 14.6. The summed E-state index contributed by atoms with van der Waals surface area (Å²) in [4.78, 5) is 19.3. The van der Waals surface area contributed by atoms with Crippen molar-refractivity contribution >= 4 is 34.7 Å². The van der Waals surface area contributed by atoms with Gasteiger partial charge in [-0.1, -0.05) is 17.7 Å². The van der Waals surface area contributed by atoms with Gasteiger partial charge in [0.15, 0.2) is 0 Å². The van der Waals surface area contributed by atoms with Crippen molar-refractivity contribution in [2.45, 2.75) is 0 Å². The molecule has 7 nitrogen and oxygen atoms in total. The number of halogens is 2. The normalized spacial score (nSPS) is 15.5. The summed E-state index contributed by atoms with van der Waals surface area (Å²) in [5.41, 5.74) is 3.25. The molecule has 3 aromatic rings. The molecule has 0 aliphatic carbocycles. The number of morpholine rings is 1. The monoisotopic (exact) mass is 425 g/mol. The number of anilines is 1. The van der Waals surface area contributed by atoms with Crippen LogP contribution in [0.5, 0.6) is 0 Å². The minimum atomic E-state index is -0.497. The highest BCUT2D eigenvalue weighted by Gasteiger charge is 2.24. The van der Waals surface area contributed by atoms with E-state index in [0.717, 1.165) is 5.56 Å². The second-order valence-electron chi connectivity index (χ2n) is 6.98. The molecule has 2 N–H and O–H groups in total. The van der Waals surface area contributed by atoms with Gasteiger partial charge in [0, 0.05) is 24.2 Å². The van der Waals surface area contributed by atoms with Crippen molar-refractivity contribution in [1.82, 2.24) is 15.1 Å². The summed E-state index contributed by atoms with van der Waals surface area (Å²) in [5, 5.41) is 10.4. The number of amides is 1. The molecule has 2 aliphatic heterocycles. The number of carbonyl (C=O) groups is 1. The highest BCUT2D eigenvalue weighted by atomic mass is 35.5. The topological polar surface area (TPSA) is 82.6 Å². The van der Waals surface area contributed by atoms with Crippen LogP contribution in [0.3, 0.4) is 0 Å². The fourth-order valence-corrected chi connectivity index (χ4v) is 3.87. The third kappa shape index (κ3) is 3.24. The maximum Gasteiger partial charge on any atom is 0.254 e. The van der Waals surface area contributed by atoms with E-state index in [1.807, 2.05) is 6.07 Å². The Morgan fingerprint density at radius 3 is 2.83 bits per heavy atom. The van der Waals surface area contributed by atoms with Gasteiger partial charge in [0.05, 0.1) is 47.1 Å². The number of hydrogen-bond donors (Lipinski definition) is 2. The van der Waals surface area contributed by atoms with E-state index in [-0.39, 0.29) is 22.3 Å². The molecule has 0 radical (unpaired) electrons. The van der Waals surface area contributed by atoms with Gasteiger partial charge in [-0.2, -0.15) is 5.10 Å². The quantitative estimate of drug-likeness (QED) is 0.653. The molecule has 0 bridgehead atoms. The van der Waals surface area contributed by atoms with Gasteiger partial charge in [-0.05, 0) is 30.3 Å². The van der Waals surface area contributed by atoms with E-state index in [9.17, 15) is 9.18 Å². The second kappa shape index (κ2) is 7.55. The van der Waals surface area contributed by atoms with Gasteiger partial charge in [-0.25, -0.2) is 9.38 Å². The van der Waals surface area contributed by atoms with Crippen molar-refractivity contribution in [2.75, 3.05) is 31.6 Å². The van der Waals surface area contributed by atoms with E-state index in [1.165, 1.54) is 12.1 Å². The zero-order chi connectivity index (χ0) is 20.7. The van der Waals surface area contributed by atoms with Crippen LogP contribution in [0.2, 0.25) is 5.02 Å². The lowest BCUT2D eigenvalue weighted by atomic mass is 10.0. The van der Waals surface area contributed by atoms with Crippen LogP contribution < -0.4 is 5.32 Å². The Balaban J connectivity index is 1.63. The van der Waals surface area contributed by atoms with Gasteiger partial charge in [0.25, 0.3) is 5.91 Å². The molecule has 2 aromatic carbocycles. The minimum Gasteiger partial charge on any atom is -0.378 e. The SMILES string of the molecule is O=C(c1ccc2c(c1)N=C(c1c(F)cccc1Cl)Nc1cn[nH]c1-2)N1CCOCC1. The summed E-state index contributed by atoms with van der Waals surface area (Å²) in [5.74, 6) is -0.345. The molecule has 1 fully saturated rings. The first-order valence-electron chi connectivity index (χ1n) is 9.47. The molecule has 30 heavy (non-hydrogen) atoms. The van der Waals surface area contributed by atoms with Crippen molar-refractivity contribution in [3.05, 3.63) is 64.6 Å². The van der Waals surface area contributed by atoms with Crippen molar-refractivity contribution in [2.24, 2.45) is 4.99 Å². The molecular formula is C21H17ClFN5O2. The molecule has 0 spiro atoms. The molecule has 0 unspecified atom stereocenters. The number of rotatable bonds is 2. The van der Waals surface area contributed by atoms with Crippen LogP contribution in [0, 0.1) is 5.82 Å². The van der Waals surface area contributed by atoms with Gasteiger partial charge < -0.3 is 15.0 Å². The number of amidine groups is 1. The number of fused-ring (bicyclic) bond motifs is 3. The third-order valence-corrected chi connectivity index (χ3v) is 5.45. The van der Waals surface area contributed by atoms with E-state index >= 15 is 0 Å². The number of aliphatic imine (C=N–C) groups is 1. The smallest absolute Gasteiger partial charge is 0.254 e. The Hall–Kier alpha value is -3.23. The molecule has 0 saturated carbocycles. The van der Waals surface area contributed by atoms with Crippen LogP contribution in [0.15, 0.2) is 47.6 Å². The van der Waals surface area contributed by atoms with E-state index < -0.39 is 5.82 Å². The predicted molar refractivity (Wildman–Crippen MR) is 112 cm³/mol. The zero-order valence-corrected chi connectivity index (χ0v) is 16.5. The lowest BCUT2D eigenvalue weighted by Crippen LogP contribution is -2.40. The Morgan fingerprint density at radius 1 is 1.20 bits per heavy atom. The maximum atomic E-state index is 14.6. The van der Waals surface area contributed by atoms with E-state index in [1.54, 1.807) is 29.3 Å².